The quantitative estimate of drug-likeness (QED) is 0.533. The van der Waals surface area contributed by atoms with Crippen LogP contribution < -0.4 is 5.32 Å². The average molecular weight is 363 g/mol. The molecule has 0 saturated carbocycles. The van der Waals surface area contributed by atoms with Crippen LogP contribution in [-0.4, -0.2) is 30.0 Å². The Bertz CT molecular complexity index is 1030. The lowest BCUT2D eigenvalue weighted by molar-refractivity contribution is -0.124. The summed E-state index contributed by atoms with van der Waals surface area (Å²) in [6.07, 6.45) is 0.195. The molecule has 7 heteroatoms. The van der Waals surface area contributed by atoms with Gasteiger partial charge in [-0.1, -0.05) is 18.2 Å². The van der Waals surface area contributed by atoms with Crippen LogP contribution in [0.1, 0.15) is 22.5 Å². The number of rotatable bonds is 6. The molecule has 3 aromatic rings. The average Bonchev–Trinajstić information content (AvgIpc) is 3.12. The van der Waals surface area contributed by atoms with Crippen LogP contribution in [0.15, 0.2) is 46.9 Å². The SMILES string of the molecule is Cc1ccc(-c2cc(C(=O)OCC(=O)NCCC#N)c3ccccc3n2)o1. The monoisotopic (exact) mass is 363 g/mol. The third-order valence-electron chi connectivity index (χ3n) is 3.82. The molecule has 0 aliphatic heterocycles. The molecule has 0 saturated heterocycles. The Hall–Kier alpha value is -3.66. The van der Waals surface area contributed by atoms with Crippen LogP contribution in [0.4, 0.5) is 0 Å². The van der Waals surface area contributed by atoms with E-state index in [1.807, 2.05) is 25.1 Å². The number of amides is 1. The summed E-state index contributed by atoms with van der Waals surface area (Å²) in [6, 6.07) is 14.3. The van der Waals surface area contributed by atoms with E-state index in [1.54, 1.807) is 30.3 Å². The Kier molecular flexibility index (Phi) is 5.47. The van der Waals surface area contributed by atoms with Crippen molar-refractivity contribution in [3.05, 3.63) is 53.8 Å². The number of nitrogens with one attached hydrogen (secondary N) is 1. The first-order valence-corrected chi connectivity index (χ1v) is 8.36. The maximum absolute atomic E-state index is 12.6. The van der Waals surface area contributed by atoms with Crippen molar-refractivity contribution >= 4 is 22.8 Å². The first-order chi connectivity index (χ1) is 13.1. The lowest BCUT2D eigenvalue weighted by atomic mass is 10.1. The number of furan rings is 1. The second-order valence-corrected chi connectivity index (χ2v) is 5.82. The second kappa shape index (κ2) is 8.15. The van der Waals surface area contributed by atoms with Crippen LogP contribution in [0.3, 0.4) is 0 Å². The first kappa shape index (κ1) is 18.1. The van der Waals surface area contributed by atoms with Crippen molar-refractivity contribution in [3.8, 4) is 17.5 Å². The number of aryl methyl sites for hydroxylation is 1. The Morgan fingerprint density at radius 1 is 1.26 bits per heavy atom. The van der Waals surface area contributed by atoms with Gasteiger partial charge in [0.1, 0.15) is 11.5 Å². The van der Waals surface area contributed by atoms with E-state index in [2.05, 4.69) is 10.3 Å². The smallest absolute Gasteiger partial charge is 0.339 e. The molecule has 0 atom stereocenters. The van der Waals surface area contributed by atoms with E-state index in [9.17, 15) is 9.59 Å². The number of fused-ring (bicyclic) bond motifs is 1. The van der Waals surface area contributed by atoms with E-state index in [-0.39, 0.29) is 13.0 Å². The highest BCUT2D eigenvalue weighted by atomic mass is 16.5. The van der Waals surface area contributed by atoms with Gasteiger partial charge in [0, 0.05) is 11.9 Å². The summed E-state index contributed by atoms with van der Waals surface area (Å²) < 4.78 is 10.7. The first-order valence-electron chi connectivity index (χ1n) is 8.36. The molecular weight excluding hydrogens is 346 g/mol. The van der Waals surface area contributed by atoms with Gasteiger partial charge in [-0.15, -0.1) is 0 Å². The number of nitriles is 1. The fourth-order valence-corrected chi connectivity index (χ4v) is 2.56. The number of esters is 1. The predicted molar refractivity (Wildman–Crippen MR) is 97.7 cm³/mol. The zero-order chi connectivity index (χ0) is 19.2. The van der Waals surface area contributed by atoms with E-state index < -0.39 is 18.5 Å². The third-order valence-corrected chi connectivity index (χ3v) is 3.82. The van der Waals surface area contributed by atoms with Crippen LogP contribution in [0.2, 0.25) is 0 Å². The van der Waals surface area contributed by atoms with E-state index in [0.717, 1.165) is 5.76 Å². The summed E-state index contributed by atoms with van der Waals surface area (Å²) in [5, 5.41) is 11.6. The molecule has 0 fully saturated rings. The molecule has 0 bridgehead atoms. The lowest BCUT2D eigenvalue weighted by Gasteiger charge is -2.09. The highest BCUT2D eigenvalue weighted by Crippen LogP contribution is 2.26. The van der Waals surface area contributed by atoms with Crippen molar-refractivity contribution in [1.82, 2.24) is 10.3 Å². The minimum Gasteiger partial charge on any atom is -0.460 e. The van der Waals surface area contributed by atoms with E-state index in [0.29, 0.717) is 27.9 Å². The summed E-state index contributed by atoms with van der Waals surface area (Å²) in [5.41, 5.74) is 1.43. The molecule has 0 radical (unpaired) electrons. The molecule has 0 aliphatic rings. The molecule has 7 nitrogen and oxygen atoms in total. The van der Waals surface area contributed by atoms with Gasteiger partial charge in [-0.05, 0) is 31.2 Å². The number of benzene rings is 1. The zero-order valence-electron chi connectivity index (χ0n) is 14.7. The van der Waals surface area contributed by atoms with Crippen molar-refractivity contribution in [2.45, 2.75) is 13.3 Å². The van der Waals surface area contributed by atoms with Gasteiger partial charge >= 0.3 is 5.97 Å². The highest BCUT2D eigenvalue weighted by Gasteiger charge is 2.17. The summed E-state index contributed by atoms with van der Waals surface area (Å²) in [5.74, 6) is 0.187. The Labute approximate surface area is 155 Å². The van der Waals surface area contributed by atoms with E-state index in [1.165, 1.54) is 0 Å². The van der Waals surface area contributed by atoms with Gasteiger partial charge in [0.2, 0.25) is 0 Å². The number of carbonyl (C=O) groups is 2. The van der Waals surface area contributed by atoms with E-state index >= 15 is 0 Å². The van der Waals surface area contributed by atoms with Crippen LogP contribution in [-0.2, 0) is 9.53 Å². The molecule has 1 N–H and O–H groups in total. The van der Waals surface area contributed by atoms with Crippen molar-refractivity contribution in [2.75, 3.05) is 13.2 Å². The summed E-state index contributed by atoms with van der Waals surface area (Å²) in [6.45, 7) is 1.62. The van der Waals surface area contributed by atoms with Gasteiger partial charge in [-0.2, -0.15) is 5.26 Å². The van der Waals surface area contributed by atoms with Crippen molar-refractivity contribution in [3.63, 3.8) is 0 Å². The fraction of sp³-hybridized carbons (Fsp3) is 0.200. The molecule has 0 aliphatic carbocycles. The lowest BCUT2D eigenvalue weighted by Crippen LogP contribution is -2.29. The van der Waals surface area contributed by atoms with Gasteiger partial charge in [0.05, 0.1) is 23.6 Å². The van der Waals surface area contributed by atoms with Crippen LogP contribution in [0.25, 0.3) is 22.4 Å². The standard InChI is InChI=1S/C20H17N3O4/c1-13-7-8-18(27-13)17-11-15(14-5-2-3-6-16(14)23-17)20(25)26-12-19(24)22-10-4-9-21/h2-3,5-8,11H,4,10,12H2,1H3,(H,22,24). The normalized spacial score (nSPS) is 10.4. The van der Waals surface area contributed by atoms with Crippen LogP contribution in [0.5, 0.6) is 0 Å². The molecule has 136 valence electrons. The van der Waals surface area contributed by atoms with Gasteiger partial charge in [0.15, 0.2) is 12.4 Å². The summed E-state index contributed by atoms with van der Waals surface area (Å²) >= 11 is 0. The molecule has 2 heterocycles. The molecule has 27 heavy (non-hydrogen) atoms. The fourth-order valence-electron chi connectivity index (χ4n) is 2.56. The zero-order valence-corrected chi connectivity index (χ0v) is 14.7. The van der Waals surface area contributed by atoms with Gasteiger partial charge < -0.3 is 14.5 Å². The Morgan fingerprint density at radius 3 is 2.81 bits per heavy atom. The van der Waals surface area contributed by atoms with Crippen molar-refractivity contribution in [2.24, 2.45) is 0 Å². The predicted octanol–water partition coefficient (Wildman–Crippen LogP) is 2.99. The van der Waals surface area contributed by atoms with Crippen LogP contribution in [0, 0.1) is 18.3 Å². The topological polar surface area (TPSA) is 105 Å². The number of ether oxygens (including phenoxy) is 1. The largest absolute Gasteiger partial charge is 0.460 e. The van der Waals surface area contributed by atoms with E-state index in [4.69, 9.17) is 14.4 Å². The number of hydrogen-bond donors (Lipinski definition) is 1. The number of aromatic nitrogens is 1. The van der Waals surface area contributed by atoms with Gasteiger partial charge in [0.25, 0.3) is 5.91 Å². The van der Waals surface area contributed by atoms with Gasteiger partial charge in [-0.3, -0.25) is 4.79 Å². The summed E-state index contributed by atoms with van der Waals surface area (Å²) in [7, 11) is 0. The third kappa shape index (κ3) is 4.30. The van der Waals surface area contributed by atoms with Crippen LogP contribution >= 0.6 is 0 Å². The number of nitrogens with zero attached hydrogens (tertiary/aromatic N) is 2. The molecule has 0 unspecified atom stereocenters. The van der Waals surface area contributed by atoms with Crippen molar-refractivity contribution in [1.29, 1.82) is 5.26 Å². The minimum atomic E-state index is -0.631. The molecule has 3 rings (SSSR count). The minimum absolute atomic E-state index is 0.195. The molecule has 2 aromatic heterocycles. The second-order valence-electron chi connectivity index (χ2n) is 5.82. The Morgan fingerprint density at radius 2 is 2.07 bits per heavy atom. The summed E-state index contributed by atoms with van der Waals surface area (Å²) in [4.78, 5) is 28.8. The number of para-hydroxylation sites is 1. The molecule has 1 amide bonds. The molecular formula is C20H17N3O4. The maximum atomic E-state index is 12.6. The highest BCUT2D eigenvalue weighted by molar-refractivity contribution is 6.05. The Balaban J connectivity index is 1.85. The molecule has 1 aromatic carbocycles. The number of carbonyl (C=O) groups excluding carboxylic acids is 2. The van der Waals surface area contributed by atoms with Crippen molar-refractivity contribution < 1.29 is 18.7 Å². The number of pyridine rings is 1. The molecule has 0 spiro atoms. The maximum Gasteiger partial charge on any atom is 0.339 e. The van der Waals surface area contributed by atoms with Gasteiger partial charge in [-0.25, -0.2) is 9.78 Å². The number of hydrogen-bond acceptors (Lipinski definition) is 6.